The number of rotatable bonds is 7. The van der Waals surface area contributed by atoms with Crippen LogP contribution in [0, 0.1) is 0 Å². The molecule has 1 N–H and O–H groups in total. The van der Waals surface area contributed by atoms with Crippen LogP contribution in [0.15, 0.2) is 54.6 Å². The Morgan fingerprint density at radius 1 is 1.11 bits per heavy atom. The van der Waals surface area contributed by atoms with Gasteiger partial charge >= 0.3 is 5.97 Å². The molecule has 138 valence electrons. The molecule has 0 fully saturated rings. The van der Waals surface area contributed by atoms with Gasteiger partial charge in [0, 0.05) is 11.4 Å². The summed E-state index contributed by atoms with van der Waals surface area (Å²) in [5.41, 5.74) is 1.58. The molecule has 0 saturated carbocycles. The van der Waals surface area contributed by atoms with E-state index in [9.17, 15) is 14.7 Å². The lowest BCUT2D eigenvalue weighted by molar-refractivity contribution is -0.435. The van der Waals surface area contributed by atoms with E-state index < -0.39 is 5.97 Å². The van der Waals surface area contributed by atoms with Crippen LogP contribution >= 0.6 is 0 Å². The van der Waals surface area contributed by atoms with E-state index in [1.165, 1.54) is 4.58 Å². The predicted molar refractivity (Wildman–Crippen MR) is 101 cm³/mol. The molecule has 0 spiro atoms. The minimum absolute atomic E-state index is 0.0579. The van der Waals surface area contributed by atoms with E-state index in [1.807, 2.05) is 18.2 Å². The van der Waals surface area contributed by atoms with Crippen LogP contribution in [0.5, 0.6) is 5.88 Å². The highest BCUT2D eigenvalue weighted by molar-refractivity contribution is 6.03. The van der Waals surface area contributed by atoms with Crippen LogP contribution in [0.2, 0.25) is 0 Å². The smallest absolute Gasteiger partial charge is 0.372 e. The first-order chi connectivity index (χ1) is 13.1. The summed E-state index contributed by atoms with van der Waals surface area (Å²) in [5, 5.41) is 13.2. The number of carbonyl (C=O) groups excluding carboxylic acids is 2. The number of nitrogens with zero attached hydrogens (tertiary/aromatic N) is 1. The van der Waals surface area contributed by atoms with Crippen molar-refractivity contribution in [3.8, 4) is 5.88 Å². The Bertz CT molecular complexity index is 990. The number of Topliss-reactive ketones (excluding diaryl/α,β-unsaturated/α-hetero) is 1. The number of ether oxygens (including phenoxy) is 1. The number of H-pyrrole nitrogens is 1. The van der Waals surface area contributed by atoms with Crippen molar-refractivity contribution in [2.45, 2.75) is 13.3 Å². The molecule has 0 atom stereocenters. The Labute approximate surface area is 156 Å². The minimum Gasteiger partial charge on any atom is -0.856 e. The van der Waals surface area contributed by atoms with Gasteiger partial charge in [0.1, 0.15) is 0 Å². The normalized spacial score (nSPS) is 11.5. The summed E-state index contributed by atoms with van der Waals surface area (Å²) in [4.78, 5) is 27.2. The van der Waals surface area contributed by atoms with Crippen molar-refractivity contribution >= 4 is 34.6 Å². The summed E-state index contributed by atoms with van der Waals surface area (Å²) in [5.74, 6) is -0.883. The average molecular weight is 364 g/mol. The fourth-order valence-corrected chi connectivity index (χ4v) is 2.90. The standard InChI is InChI=1S/C21H20N2O4/c1-2-27-19(25)14-23(13-12-18(24)15-8-4-3-5-9-15)20-16-10-6-7-11-17(16)22-21(20)26/h3-11,13,22H,2,12,14H2,1H3. The molecule has 1 heterocycles. The molecule has 0 aliphatic heterocycles. The second-order valence-electron chi connectivity index (χ2n) is 5.96. The number of aromatic amines is 1. The van der Waals surface area contributed by atoms with Crippen LogP contribution in [0.4, 0.5) is 5.69 Å². The number of hydrogen-bond acceptors (Lipinski definition) is 4. The zero-order valence-electron chi connectivity index (χ0n) is 15.0. The van der Waals surface area contributed by atoms with Gasteiger partial charge in [-0.15, -0.1) is 0 Å². The Morgan fingerprint density at radius 2 is 1.81 bits per heavy atom. The summed E-state index contributed by atoms with van der Waals surface area (Å²) in [6, 6.07) is 16.1. The molecule has 3 aromatic rings. The molecule has 0 saturated heterocycles. The van der Waals surface area contributed by atoms with Crippen molar-refractivity contribution in [3.63, 3.8) is 0 Å². The third kappa shape index (κ3) is 4.23. The van der Waals surface area contributed by atoms with Crippen molar-refractivity contribution in [1.82, 2.24) is 4.98 Å². The van der Waals surface area contributed by atoms with Gasteiger partial charge in [-0.3, -0.25) is 4.79 Å². The Morgan fingerprint density at radius 3 is 2.56 bits per heavy atom. The van der Waals surface area contributed by atoms with Crippen molar-refractivity contribution in [2.24, 2.45) is 0 Å². The van der Waals surface area contributed by atoms with Crippen LogP contribution < -0.4 is 5.11 Å². The first-order valence-electron chi connectivity index (χ1n) is 8.71. The number of nitrogens with one attached hydrogen (secondary N) is 1. The highest BCUT2D eigenvalue weighted by Crippen LogP contribution is 2.32. The highest BCUT2D eigenvalue weighted by atomic mass is 16.5. The van der Waals surface area contributed by atoms with E-state index in [2.05, 4.69) is 4.98 Å². The molecule has 6 nitrogen and oxygen atoms in total. The van der Waals surface area contributed by atoms with E-state index >= 15 is 0 Å². The SMILES string of the molecule is CCOC(=O)C[N+](=CCC(=O)c1ccccc1)c1c([O-])[nH]c2ccccc12. The first kappa shape index (κ1) is 18.4. The zero-order valence-corrected chi connectivity index (χ0v) is 15.0. The maximum Gasteiger partial charge on any atom is 0.372 e. The summed E-state index contributed by atoms with van der Waals surface area (Å²) >= 11 is 0. The van der Waals surface area contributed by atoms with Crippen LogP contribution in [0.1, 0.15) is 23.7 Å². The average Bonchev–Trinajstić information content (AvgIpc) is 3.01. The van der Waals surface area contributed by atoms with E-state index in [0.29, 0.717) is 22.2 Å². The van der Waals surface area contributed by atoms with E-state index in [-0.39, 0.29) is 31.2 Å². The summed E-state index contributed by atoms with van der Waals surface area (Å²) < 4.78 is 6.52. The fourth-order valence-electron chi connectivity index (χ4n) is 2.90. The number of hydrogen-bond donors (Lipinski definition) is 1. The molecule has 0 radical (unpaired) electrons. The van der Waals surface area contributed by atoms with Gasteiger partial charge in [0.15, 0.2) is 12.0 Å². The van der Waals surface area contributed by atoms with Gasteiger partial charge in [0.05, 0.1) is 23.9 Å². The van der Waals surface area contributed by atoms with Crippen LogP contribution in [-0.4, -0.2) is 40.7 Å². The van der Waals surface area contributed by atoms with Crippen molar-refractivity contribution < 1.29 is 24.0 Å². The second-order valence-corrected chi connectivity index (χ2v) is 5.96. The summed E-state index contributed by atoms with van der Waals surface area (Å²) in [6.07, 6.45) is 1.63. The number of aromatic nitrogens is 1. The van der Waals surface area contributed by atoms with Crippen molar-refractivity contribution in [2.75, 3.05) is 13.2 Å². The molecule has 3 rings (SSSR count). The van der Waals surface area contributed by atoms with Crippen LogP contribution in [0.25, 0.3) is 10.9 Å². The maximum atomic E-state index is 12.5. The number of para-hydroxylation sites is 1. The lowest BCUT2D eigenvalue weighted by atomic mass is 10.1. The number of esters is 1. The lowest BCUT2D eigenvalue weighted by Crippen LogP contribution is -2.22. The van der Waals surface area contributed by atoms with E-state index in [0.717, 1.165) is 0 Å². The molecule has 0 bridgehead atoms. The largest absolute Gasteiger partial charge is 0.856 e. The van der Waals surface area contributed by atoms with Crippen molar-refractivity contribution in [3.05, 3.63) is 60.2 Å². The van der Waals surface area contributed by atoms with Gasteiger partial charge < -0.3 is 14.8 Å². The molecule has 0 unspecified atom stereocenters. The predicted octanol–water partition coefficient (Wildman–Crippen LogP) is 2.79. The second kappa shape index (κ2) is 8.31. The molecule has 0 aliphatic rings. The molecular formula is C21H20N2O4. The Balaban J connectivity index is 1.96. The van der Waals surface area contributed by atoms with E-state index in [4.69, 9.17) is 4.74 Å². The topological polar surface area (TPSA) is 85.2 Å². The summed E-state index contributed by atoms with van der Waals surface area (Å²) in [7, 11) is 0. The van der Waals surface area contributed by atoms with Crippen LogP contribution in [0.3, 0.4) is 0 Å². The van der Waals surface area contributed by atoms with Gasteiger partial charge in [0.25, 0.3) is 0 Å². The number of fused-ring (bicyclic) bond motifs is 1. The number of ketones is 1. The molecule has 0 amide bonds. The van der Waals surface area contributed by atoms with Gasteiger partial charge in [0.2, 0.25) is 12.2 Å². The highest BCUT2D eigenvalue weighted by Gasteiger charge is 2.22. The molecule has 2 aromatic carbocycles. The molecular weight excluding hydrogens is 344 g/mol. The zero-order chi connectivity index (χ0) is 19.2. The summed E-state index contributed by atoms with van der Waals surface area (Å²) in [6.45, 7) is 1.82. The maximum absolute atomic E-state index is 12.5. The van der Waals surface area contributed by atoms with Crippen LogP contribution in [-0.2, 0) is 9.53 Å². The number of carbonyl (C=O) groups is 2. The fraction of sp³-hybridized carbons (Fsp3) is 0.190. The van der Waals surface area contributed by atoms with Gasteiger partial charge in [-0.2, -0.15) is 4.58 Å². The molecule has 6 heteroatoms. The molecule has 0 aliphatic carbocycles. The monoisotopic (exact) mass is 364 g/mol. The Hall–Kier alpha value is -3.41. The number of benzene rings is 2. The first-order valence-corrected chi connectivity index (χ1v) is 8.71. The Kier molecular flexibility index (Phi) is 5.66. The lowest BCUT2D eigenvalue weighted by Gasteiger charge is -2.07. The molecule has 1 aromatic heterocycles. The quantitative estimate of drug-likeness (QED) is 0.302. The van der Waals surface area contributed by atoms with Gasteiger partial charge in [-0.05, 0) is 19.1 Å². The third-order valence-electron chi connectivity index (χ3n) is 4.13. The van der Waals surface area contributed by atoms with E-state index in [1.54, 1.807) is 49.5 Å². The third-order valence-corrected chi connectivity index (χ3v) is 4.13. The van der Waals surface area contributed by atoms with Crippen molar-refractivity contribution in [1.29, 1.82) is 0 Å². The molecule has 27 heavy (non-hydrogen) atoms. The minimum atomic E-state index is -0.467. The van der Waals surface area contributed by atoms with Gasteiger partial charge in [-0.1, -0.05) is 42.5 Å². The van der Waals surface area contributed by atoms with Gasteiger partial charge in [-0.25, -0.2) is 4.79 Å².